The van der Waals surface area contributed by atoms with E-state index in [0.29, 0.717) is 6.61 Å². The minimum absolute atomic E-state index is 0.270. The molecule has 2 rings (SSSR count). The molecule has 0 saturated carbocycles. The molecular formula is C12H14N2O3. The van der Waals surface area contributed by atoms with Gasteiger partial charge in [-0.2, -0.15) is 0 Å². The first-order chi connectivity index (χ1) is 8.27. The quantitative estimate of drug-likeness (QED) is 0.876. The molecule has 2 aromatic rings. The maximum absolute atomic E-state index is 5.74. The van der Waals surface area contributed by atoms with Crippen LogP contribution in [0.25, 0.3) is 11.1 Å². The van der Waals surface area contributed by atoms with Crippen molar-refractivity contribution in [1.82, 2.24) is 5.16 Å². The summed E-state index contributed by atoms with van der Waals surface area (Å²) in [5.74, 6) is 0.987. The lowest BCUT2D eigenvalue weighted by atomic mass is 10.0. The Morgan fingerprint density at radius 3 is 2.76 bits per heavy atom. The fraction of sp³-hybridized carbons (Fsp3) is 0.250. The van der Waals surface area contributed by atoms with E-state index in [1.165, 1.54) is 0 Å². The van der Waals surface area contributed by atoms with Gasteiger partial charge in [0.2, 0.25) is 5.88 Å². The van der Waals surface area contributed by atoms with Gasteiger partial charge in [0.1, 0.15) is 5.75 Å². The summed E-state index contributed by atoms with van der Waals surface area (Å²) >= 11 is 0. The molecule has 0 saturated heterocycles. The van der Waals surface area contributed by atoms with Crippen LogP contribution in [0.4, 0.5) is 5.88 Å². The van der Waals surface area contributed by atoms with Crippen molar-refractivity contribution < 1.29 is 14.0 Å². The second-order valence-corrected chi connectivity index (χ2v) is 3.53. The van der Waals surface area contributed by atoms with Gasteiger partial charge in [-0.15, -0.1) is 0 Å². The lowest BCUT2D eigenvalue weighted by Crippen LogP contribution is -1.97. The van der Waals surface area contributed by atoms with Crippen LogP contribution in [-0.4, -0.2) is 19.4 Å². The van der Waals surface area contributed by atoms with E-state index in [4.69, 9.17) is 19.7 Å². The van der Waals surface area contributed by atoms with Crippen LogP contribution in [0.15, 0.2) is 28.9 Å². The standard InChI is InChI=1S/C12H14N2O3/c1-15-7-8-4-3-5-10(16-2)11(8)9-6-14-17-12(9)13/h3-6H,7,13H2,1-2H3. The predicted octanol–water partition coefficient (Wildman–Crippen LogP) is 2.08. The van der Waals surface area contributed by atoms with Crippen molar-refractivity contribution in [3.63, 3.8) is 0 Å². The van der Waals surface area contributed by atoms with E-state index in [9.17, 15) is 0 Å². The summed E-state index contributed by atoms with van der Waals surface area (Å²) < 4.78 is 15.4. The second kappa shape index (κ2) is 4.88. The zero-order chi connectivity index (χ0) is 12.3. The number of anilines is 1. The monoisotopic (exact) mass is 234 g/mol. The largest absolute Gasteiger partial charge is 0.496 e. The molecule has 5 heteroatoms. The lowest BCUT2D eigenvalue weighted by Gasteiger charge is -2.12. The summed E-state index contributed by atoms with van der Waals surface area (Å²) in [6.07, 6.45) is 1.58. The van der Waals surface area contributed by atoms with Crippen molar-refractivity contribution in [2.75, 3.05) is 20.0 Å². The maximum Gasteiger partial charge on any atom is 0.230 e. The fourth-order valence-corrected chi connectivity index (χ4v) is 1.76. The van der Waals surface area contributed by atoms with Gasteiger partial charge in [0, 0.05) is 12.7 Å². The van der Waals surface area contributed by atoms with Crippen LogP contribution in [0.5, 0.6) is 5.75 Å². The van der Waals surface area contributed by atoms with E-state index in [-0.39, 0.29) is 5.88 Å². The van der Waals surface area contributed by atoms with E-state index < -0.39 is 0 Å². The second-order valence-electron chi connectivity index (χ2n) is 3.53. The SMILES string of the molecule is COCc1cccc(OC)c1-c1cnoc1N. The highest BCUT2D eigenvalue weighted by Crippen LogP contribution is 2.36. The van der Waals surface area contributed by atoms with Gasteiger partial charge in [0.25, 0.3) is 0 Å². The molecule has 0 spiro atoms. The molecule has 0 radical (unpaired) electrons. The molecule has 1 aromatic carbocycles. The molecule has 17 heavy (non-hydrogen) atoms. The van der Waals surface area contributed by atoms with Crippen LogP contribution >= 0.6 is 0 Å². The summed E-state index contributed by atoms with van der Waals surface area (Å²) in [5, 5.41) is 3.68. The Morgan fingerprint density at radius 2 is 2.18 bits per heavy atom. The van der Waals surface area contributed by atoms with E-state index in [2.05, 4.69) is 5.16 Å². The molecule has 2 N–H and O–H groups in total. The van der Waals surface area contributed by atoms with Gasteiger partial charge in [-0.05, 0) is 11.6 Å². The number of ether oxygens (including phenoxy) is 2. The van der Waals surface area contributed by atoms with Crippen molar-refractivity contribution in [2.24, 2.45) is 0 Å². The molecule has 5 nitrogen and oxygen atoms in total. The van der Waals surface area contributed by atoms with Crippen molar-refractivity contribution in [1.29, 1.82) is 0 Å². The van der Waals surface area contributed by atoms with Gasteiger partial charge in [0.15, 0.2) is 0 Å². The van der Waals surface area contributed by atoms with Gasteiger partial charge < -0.3 is 19.7 Å². The highest BCUT2D eigenvalue weighted by atomic mass is 16.5. The van der Waals surface area contributed by atoms with E-state index >= 15 is 0 Å². The summed E-state index contributed by atoms with van der Waals surface area (Å²) in [6.45, 7) is 0.469. The number of nitrogens with zero attached hydrogens (tertiary/aromatic N) is 1. The number of methoxy groups -OCH3 is 2. The van der Waals surface area contributed by atoms with Gasteiger partial charge in [-0.3, -0.25) is 0 Å². The molecule has 0 unspecified atom stereocenters. The molecule has 1 aromatic heterocycles. The van der Waals surface area contributed by atoms with Crippen molar-refractivity contribution in [3.8, 4) is 16.9 Å². The molecule has 0 amide bonds. The minimum Gasteiger partial charge on any atom is -0.496 e. The van der Waals surface area contributed by atoms with Gasteiger partial charge >= 0.3 is 0 Å². The normalized spacial score (nSPS) is 10.5. The van der Waals surface area contributed by atoms with Crippen LogP contribution in [-0.2, 0) is 11.3 Å². The van der Waals surface area contributed by atoms with Crippen LogP contribution in [0.2, 0.25) is 0 Å². The molecular weight excluding hydrogens is 220 g/mol. The smallest absolute Gasteiger partial charge is 0.230 e. The van der Waals surface area contributed by atoms with Crippen molar-refractivity contribution >= 4 is 5.88 Å². The van der Waals surface area contributed by atoms with Gasteiger partial charge in [0.05, 0.1) is 25.5 Å². The summed E-state index contributed by atoms with van der Waals surface area (Å²) in [6, 6.07) is 5.72. The Morgan fingerprint density at radius 1 is 1.35 bits per heavy atom. The third-order valence-electron chi connectivity index (χ3n) is 2.50. The first kappa shape index (κ1) is 11.5. The Kier molecular flexibility index (Phi) is 3.30. The number of nitrogens with two attached hydrogens (primary N) is 1. The minimum atomic E-state index is 0.270. The zero-order valence-corrected chi connectivity index (χ0v) is 9.77. The van der Waals surface area contributed by atoms with Crippen LogP contribution in [0.3, 0.4) is 0 Å². The van der Waals surface area contributed by atoms with E-state index in [1.54, 1.807) is 20.4 Å². The molecule has 0 aliphatic heterocycles. The Labute approximate surface area is 99.1 Å². The number of hydrogen-bond donors (Lipinski definition) is 1. The molecule has 0 bridgehead atoms. The van der Waals surface area contributed by atoms with E-state index in [1.807, 2.05) is 18.2 Å². The molecule has 0 atom stereocenters. The Hall–Kier alpha value is -2.01. The van der Waals surface area contributed by atoms with Crippen molar-refractivity contribution in [2.45, 2.75) is 6.61 Å². The topological polar surface area (TPSA) is 70.5 Å². The molecule has 0 fully saturated rings. The molecule has 1 heterocycles. The number of nitrogen functional groups attached to an aromatic ring is 1. The Bertz CT molecular complexity index is 508. The van der Waals surface area contributed by atoms with Gasteiger partial charge in [-0.1, -0.05) is 17.3 Å². The highest BCUT2D eigenvalue weighted by Gasteiger charge is 2.16. The zero-order valence-electron chi connectivity index (χ0n) is 9.77. The molecule has 90 valence electrons. The lowest BCUT2D eigenvalue weighted by molar-refractivity contribution is 0.185. The highest BCUT2D eigenvalue weighted by molar-refractivity contribution is 5.79. The molecule has 0 aliphatic carbocycles. The number of hydrogen-bond acceptors (Lipinski definition) is 5. The third kappa shape index (κ3) is 2.09. The summed E-state index contributed by atoms with van der Waals surface area (Å²) in [5.41, 5.74) is 8.28. The average molecular weight is 234 g/mol. The fourth-order valence-electron chi connectivity index (χ4n) is 1.76. The maximum atomic E-state index is 5.74. The van der Waals surface area contributed by atoms with Crippen LogP contribution < -0.4 is 10.5 Å². The van der Waals surface area contributed by atoms with Gasteiger partial charge in [-0.25, -0.2) is 0 Å². The first-order valence-electron chi connectivity index (χ1n) is 5.13. The van der Waals surface area contributed by atoms with Crippen LogP contribution in [0, 0.1) is 0 Å². The molecule has 0 aliphatic rings. The van der Waals surface area contributed by atoms with Crippen molar-refractivity contribution in [3.05, 3.63) is 30.0 Å². The third-order valence-corrected chi connectivity index (χ3v) is 2.50. The average Bonchev–Trinajstić information content (AvgIpc) is 2.75. The van der Waals surface area contributed by atoms with Crippen LogP contribution in [0.1, 0.15) is 5.56 Å². The van der Waals surface area contributed by atoms with E-state index in [0.717, 1.165) is 22.4 Å². The number of rotatable bonds is 4. The predicted molar refractivity (Wildman–Crippen MR) is 63.6 cm³/mol. The first-order valence-corrected chi connectivity index (χ1v) is 5.13. The Balaban J connectivity index is 2.60. The summed E-state index contributed by atoms with van der Waals surface area (Å²) in [7, 11) is 3.25. The number of benzene rings is 1. The number of aromatic nitrogens is 1. The summed E-state index contributed by atoms with van der Waals surface area (Å²) in [4.78, 5) is 0.